The largest absolute Gasteiger partial charge is 0.508 e. The predicted octanol–water partition coefficient (Wildman–Crippen LogP) is -4.49. The molecule has 2 aromatic rings. The molecule has 1 saturated heterocycles. The fourth-order valence-electron chi connectivity index (χ4n) is 6.92. The van der Waals surface area contributed by atoms with E-state index >= 15 is 0 Å². The Labute approximate surface area is 428 Å². The van der Waals surface area contributed by atoms with Crippen LogP contribution in [0, 0.1) is 0 Å². The second-order valence-corrected chi connectivity index (χ2v) is 19.4. The number of carbonyl (C=O) groups is 11. The van der Waals surface area contributed by atoms with Crippen molar-refractivity contribution in [1.29, 1.82) is 0 Å². The van der Waals surface area contributed by atoms with Gasteiger partial charge in [-0.15, -0.1) is 0 Å². The molecular formula is C45H64N14O12S2. The minimum atomic E-state index is -1.79. The number of benzene rings is 2. The quantitative estimate of drug-likeness (QED) is 0.0257. The minimum absolute atomic E-state index is 0.0113. The molecule has 0 aromatic heterocycles. The molecule has 1 fully saturated rings. The van der Waals surface area contributed by atoms with Crippen LogP contribution < -0.4 is 65.9 Å². The van der Waals surface area contributed by atoms with Gasteiger partial charge in [-0.05, 0) is 49.4 Å². The molecule has 1 aliphatic rings. The van der Waals surface area contributed by atoms with Crippen molar-refractivity contribution in [2.75, 3.05) is 31.6 Å². The van der Waals surface area contributed by atoms with Crippen molar-refractivity contribution in [1.82, 2.24) is 42.1 Å². The number of rotatable bonds is 20. The summed E-state index contributed by atoms with van der Waals surface area (Å²) in [6.07, 6.45) is -1.88. The Kier molecular flexibility index (Phi) is 24.8. The number of nitrogens with one attached hydrogen (secondary N) is 7. The molecular weight excluding hydrogens is 993 g/mol. The fourth-order valence-corrected chi connectivity index (χ4v) is 9.06. The number of primary amides is 3. The van der Waals surface area contributed by atoms with Crippen LogP contribution in [0.25, 0.3) is 0 Å². The van der Waals surface area contributed by atoms with Crippen LogP contribution in [0.2, 0.25) is 0 Å². The number of hydrogen-bond donors (Lipinski definition) is 13. The molecule has 0 saturated carbocycles. The van der Waals surface area contributed by atoms with Crippen molar-refractivity contribution < 1.29 is 57.8 Å². The summed E-state index contributed by atoms with van der Waals surface area (Å²) in [6.45, 7) is 0.874. The van der Waals surface area contributed by atoms with Gasteiger partial charge in [-0.3, -0.25) is 57.7 Å². The van der Waals surface area contributed by atoms with Crippen LogP contribution in [0.4, 0.5) is 0 Å². The molecule has 1 aliphatic heterocycles. The van der Waals surface area contributed by atoms with Crippen LogP contribution in [0.1, 0.15) is 56.6 Å². The monoisotopic (exact) mass is 1060 g/mol. The molecule has 7 atom stereocenters. The normalized spacial score (nSPS) is 20.1. The summed E-state index contributed by atoms with van der Waals surface area (Å²) in [4.78, 5) is 152. The Morgan fingerprint density at radius 1 is 0.726 bits per heavy atom. The van der Waals surface area contributed by atoms with Crippen molar-refractivity contribution in [3.8, 4) is 5.75 Å². The molecule has 28 heteroatoms. The highest BCUT2D eigenvalue weighted by Gasteiger charge is 2.36. The van der Waals surface area contributed by atoms with E-state index in [9.17, 15) is 57.8 Å². The van der Waals surface area contributed by atoms with E-state index in [1.807, 2.05) is 0 Å². The molecule has 0 spiro atoms. The maximum atomic E-state index is 14.3. The number of amides is 11. The molecule has 0 aliphatic carbocycles. The van der Waals surface area contributed by atoms with Gasteiger partial charge in [-0.1, -0.05) is 64.1 Å². The predicted molar refractivity (Wildman–Crippen MR) is 270 cm³/mol. The van der Waals surface area contributed by atoms with E-state index in [0.717, 1.165) is 26.5 Å². The summed E-state index contributed by atoms with van der Waals surface area (Å²) >= 11 is 0. The summed E-state index contributed by atoms with van der Waals surface area (Å²) in [5, 5.41) is 27.5. The van der Waals surface area contributed by atoms with Gasteiger partial charge in [0.05, 0.1) is 13.0 Å². The second-order valence-electron chi connectivity index (χ2n) is 16.8. The van der Waals surface area contributed by atoms with Crippen molar-refractivity contribution >= 4 is 92.5 Å². The Hall–Kier alpha value is -7.62. The maximum Gasteiger partial charge on any atom is 0.246 e. The summed E-state index contributed by atoms with van der Waals surface area (Å²) in [6, 6.07) is 4.20. The first-order valence-electron chi connectivity index (χ1n) is 22.9. The highest BCUT2D eigenvalue weighted by molar-refractivity contribution is 8.76. The Morgan fingerprint density at radius 3 is 1.90 bits per heavy atom. The van der Waals surface area contributed by atoms with Crippen LogP contribution in [-0.4, -0.2) is 155 Å². The molecule has 0 radical (unpaired) electrons. The van der Waals surface area contributed by atoms with Crippen molar-refractivity contribution in [3.05, 3.63) is 65.7 Å². The van der Waals surface area contributed by atoms with Crippen molar-refractivity contribution in [2.24, 2.45) is 33.7 Å². The summed E-state index contributed by atoms with van der Waals surface area (Å²) in [7, 11) is 3.37. The summed E-state index contributed by atoms with van der Waals surface area (Å²) < 4.78 is 0. The SMILES string of the molecule is C[C@@H](C(=O)N[C@@H](CCCN=C(N)N)C(=O)NCC(N)=O)N(C)C(=O)[C@@H]1CSSCCC(=O)N[C@H](Cc2ccc(O)cc2)C(=O)N[C@@H](Cc2ccccc2)C(=O)N[C@H](CCC(N)=O)C(=O)N[C@@H](CC(N)=O)C(=O)N1. The van der Waals surface area contributed by atoms with Gasteiger partial charge in [-0.2, -0.15) is 0 Å². The van der Waals surface area contributed by atoms with E-state index in [1.165, 1.54) is 26.1 Å². The molecule has 3 rings (SSSR count). The number of phenols is 1. The van der Waals surface area contributed by atoms with Gasteiger partial charge in [0.25, 0.3) is 0 Å². The third-order valence-electron chi connectivity index (χ3n) is 11.0. The average molecular weight is 1060 g/mol. The van der Waals surface area contributed by atoms with E-state index in [-0.39, 0.29) is 61.9 Å². The first kappa shape index (κ1) is 59.7. The number of phenolic OH excluding ortho intramolecular Hbond substituents is 1. The molecule has 26 nitrogen and oxygen atoms in total. The van der Waals surface area contributed by atoms with Crippen LogP contribution in [0.15, 0.2) is 59.6 Å². The van der Waals surface area contributed by atoms with E-state index < -0.39 is 133 Å². The number of aromatic hydroxyl groups is 1. The lowest BCUT2D eigenvalue weighted by atomic mass is 10.0. The van der Waals surface area contributed by atoms with Crippen molar-refractivity contribution in [3.63, 3.8) is 0 Å². The first-order valence-corrected chi connectivity index (χ1v) is 25.3. The van der Waals surface area contributed by atoms with Gasteiger partial charge in [0, 0.05) is 50.8 Å². The van der Waals surface area contributed by atoms with Gasteiger partial charge < -0.3 is 75.9 Å². The third-order valence-corrected chi connectivity index (χ3v) is 13.4. The number of likely N-dealkylation sites (N-methyl/N-ethyl adjacent to an activating group) is 1. The van der Waals surface area contributed by atoms with Gasteiger partial charge in [0.15, 0.2) is 5.96 Å². The molecule has 1 heterocycles. The molecule has 0 bridgehead atoms. The van der Waals surface area contributed by atoms with E-state index in [2.05, 4.69) is 42.2 Å². The third kappa shape index (κ3) is 21.7. The fraction of sp³-hybridized carbons (Fsp3) is 0.467. The number of hydrogen-bond acceptors (Lipinski definition) is 15. The summed E-state index contributed by atoms with van der Waals surface area (Å²) in [5.41, 5.74) is 28.0. The second kappa shape index (κ2) is 30.3. The lowest BCUT2D eigenvalue weighted by molar-refractivity contribution is -0.142. The highest BCUT2D eigenvalue weighted by Crippen LogP contribution is 2.24. The summed E-state index contributed by atoms with van der Waals surface area (Å²) in [5.74, 6) is -10.1. The maximum absolute atomic E-state index is 14.3. The lowest BCUT2D eigenvalue weighted by Gasteiger charge is -2.31. The molecule has 2 aromatic carbocycles. The minimum Gasteiger partial charge on any atom is -0.508 e. The number of nitrogens with zero attached hydrogens (tertiary/aromatic N) is 2. The van der Waals surface area contributed by atoms with Gasteiger partial charge in [-0.25, -0.2) is 0 Å². The topological polar surface area (TPSA) is 438 Å². The Bertz CT molecular complexity index is 2320. The molecule has 0 unspecified atom stereocenters. The number of carbonyl (C=O) groups excluding carboxylic acids is 11. The number of aliphatic imine (C=N–C) groups is 1. The van der Waals surface area contributed by atoms with Crippen LogP contribution in [0.3, 0.4) is 0 Å². The first-order chi connectivity index (χ1) is 34.5. The van der Waals surface area contributed by atoms with Gasteiger partial charge in [0.1, 0.15) is 48.0 Å². The number of guanidine groups is 1. The Balaban J connectivity index is 2.02. The smallest absolute Gasteiger partial charge is 0.246 e. The molecule has 73 heavy (non-hydrogen) atoms. The zero-order valence-corrected chi connectivity index (χ0v) is 41.9. The zero-order chi connectivity index (χ0) is 54.2. The van der Waals surface area contributed by atoms with Crippen LogP contribution in [0.5, 0.6) is 5.75 Å². The zero-order valence-electron chi connectivity index (χ0n) is 40.3. The van der Waals surface area contributed by atoms with E-state index in [1.54, 1.807) is 42.5 Å². The van der Waals surface area contributed by atoms with E-state index in [4.69, 9.17) is 28.7 Å². The van der Waals surface area contributed by atoms with E-state index in [0.29, 0.717) is 11.1 Å². The molecule has 18 N–H and O–H groups in total. The van der Waals surface area contributed by atoms with Gasteiger partial charge in [0.2, 0.25) is 65.0 Å². The van der Waals surface area contributed by atoms with Crippen molar-refractivity contribution in [2.45, 2.75) is 101 Å². The standard InChI is InChI=1S/C45H64N14O12S2/c1-24(38(65)54-28(9-6-17-51-45(49)50)39(66)52-22-36(48)63)59(2)44(71)33-23-73-72-18-16-37(64)53-30(20-26-10-12-27(60)13-11-26)41(68)56-31(19-25-7-4-3-5-8-25)42(69)55-29(14-15-34(46)61)40(67)57-32(21-35(47)62)43(70)58-33/h3-5,7-8,10-13,24,28-33,60H,6,9,14-23H2,1-2H3,(H2,46,61)(H2,47,62)(H2,48,63)(H,52,66)(H,53,64)(H,54,65)(H,55,69)(H,56,68)(H,57,67)(H,58,70)(H4,49,50,51)/t24-,28-,29+,30+,31-,32-,33-/m0/s1. The highest BCUT2D eigenvalue weighted by atomic mass is 33.1. The molecule has 11 amide bonds. The molecule has 398 valence electrons. The lowest BCUT2D eigenvalue weighted by Crippen LogP contribution is -2.61. The van der Waals surface area contributed by atoms with Crippen LogP contribution in [-0.2, 0) is 65.6 Å². The number of nitrogens with two attached hydrogens (primary N) is 5. The Morgan fingerprint density at radius 2 is 1.30 bits per heavy atom. The average Bonchev–Trinajstić information content (AvgIpc) is 3.33. The van der Waals surface area contributed by atoms with Crippen LogP contribution >= 0.6 is 21.6 Å². The van der Waals surface area contributed by atoms with Gasteiger partial charge >= 0.3 is 0 Å².